The molecule has 2 fully saturated rings. The van der Waals surface area contributed by atoms with Crippen molar-refractivity contribution in [1.82, 2.24) is 14.4 Å². The Morgan fingerprint density at radius 1 is 1.15 bits per heavy atom. The zero-order chi connectivity index (χ0) is 18.4. The second-order valence-electron chi connectivity index (χ2n) is 7.98. The summed E-state index contributed by atoms with van der Waals surface area (Å²) in [5.41, 5.74) is 2.65. The Hall–Kier alpha value is -2.50. The van der Waals surface area contributed by atoms with Gasteiger partial charge in [0.1, 0.15) is 11.5 Å². The molecule has 3 aromatic heterocycles. The van der Waals surface area contributed by atoms with Crippen LogP contribution in [0.2, 0.25) is 0 Å². The lowest BCUT2D eigenvalue weighted by Crippen LogP contribution is -2.28. The third kappa shape index (κ3) is 2.97. The predicted molar refractivity (Wildman–Crippen MR) is 101 cm³/mol. The molecule has 0 saturated heterocycles. The molecule has 3 heterocycles. The molecule has 1 unspecified atom stereocenters. The van der Waals surface area contributed by atoms with Gasteiger partial charge in [0.05, 0.1) is 17.6 Å². The summed E-state index contributed by atoms with van der Waals surface area (Å²) in [6, 6.07) is 9.33. The van der Waals surface area contributed by atoms with Crippen LogP contribution in [0.25, 0.3) is 17.0 Å². The van der Waals surface area contributed by atoms with Gasteiger partial charge in [-0.2, -0.15) is 0 Å². The normalized spacial score (nSPS) is 21.1. The summed E-state index contributed by atoms with van der Waals surface area (Å²) in [4.78, 5) is 9.06. The van der Waals surface area contributed by atoms with Crippen LogP contribution in [-0.2, 0) is 0 Å². The molecule has 4 nitrogen and oxygen atoms in total. The SMILES string of the molecule is FC(F)c1ccc2ncc(-c3cccc(NC4CCC5(CCC5)C4)n3)n2c1. The maximum absolute atomic E-state index is 13.1. The van der Waals surface area contributed by atoms with Crippen molar-refractivity contribution in [1.29, 1.82) is 0 Å². The van der Waals surface area contributed by atoms with Crippen molar-refractivity contribution in [3.8, 4) is 11.4 Å². The van der Waals surface area contributed by atoms with Crippen LogP contribution < -0.4 is 5.32 Å². The van der Waals surface area contributed by atoms with Gasteiger partial charge in [-0.1, -0.05) is 12.5 Å². The van der Waals surface area contributed by atoms with E-state index in [1.54, 1.807) is 16.7 Å². The van der Waals surface area contributed by atoms with E-state index in [1.807, 2.05) is 18.2 Å². The summed E-state index contributed by atoms with van der Waals surface area (Å²) in [5, 5.41) is 3.58. The Kier molecular flexibility index (Phi) is 3.88. The van der Waals surface area contributed by atoms with E-state index in [0.29, 0.717) is 17.1 Å². The number of pyridine rings is 2. The van der Waals surface area contributed by atoms with Crippen LogP contribution >= 0.6 is 0 Å². The molecule has 27 heavy (non-hydrogen) atoms. The topological polar surface area (TPSA) is 42.2 Å². The monoisotopic (exact) mass is 368 g/mol. The quantitative estimate of drug-likeness (QED) is 0.664. The number of hydrogen-bond acceptors (Lipinski definition) is 3. The van der Waals surface area contributed by atoms with E-state index in [9.17, 15) is 8.78 Å². The molecule has 2 aliphatic rings. The summed E-state index contributed by atoms with van der Waals surface area (Å²) in [6.07, 6.45) is 8.47. The number of aromatic nitrogens is 3. The highest BCUT2D eigenvalue weighted by Crippen LogP contribution is 2.53. The third-order valence-electron chi connectivity index (χ3n) is 6.26. The fourth-order valence-corrected chi connectivity index (χ4v) is 4.64. The summed E-state index contributed by atoms with van der Waals surface area (Å²) >= 11 is 0. The van der Waals surface area contributed by atoms with Crippen LogP contribution in [0.15, 0.2) is 42.7 Å². The van der Waals surface area contributed by atoms with Crippen LogP contribution in [0.1, 0.15) is 50.5 Å². The van der Waals surface area contributed by atoms with E-state index in [-0.39, 0.29) is 5.56 Å². The second kappa shape index (κ2) is 6.29. The van der Waals surface area contributed by atoms with Gasteiger partial charge in [0, 0.05) is 17.8 Å². The average molecular weight is 368 g/mol. The van der Waals surface area contributed by atoms with Crippen molar-refractivity contribution in [3.63, 3.8) is 0 Å². The van der Waals surface area contributed by atoms with Crippen molar-refractivity contribution in [3.05, 3.63) is 48.3 Å². The van der Waals surface area contributed by atoms with Gasteiger partial charge in [0.2, 0.25) is 0 Å². The maximum Gasteiger partial charge on any atom is 0.265 e. The van der Waals surface area contributed by atoms with Crippen LogP contribution in [0.3, 0.4) is 0 Å². The lowest BCUT2D eigenvalue weighted by Gasteiger charge is -2.38. The molecule has 0 aliphatic heterocycles. The molecule has 0 aromatic carbocycles. The molecule has 1 atom stereocenters. The molecule has 1 N–H and O–H groups in total. The molecule has 2 saturated carbocycles. The van der Waals surface area contributed by atoms with Crippen molar-refractivity contribution >= 4 is 11.5 Å². The van der Waals surface area contributed by atoms with E-state index in [1.165, 1.54) is 50.8 Å². The van der Waals surface area contributed by atoms with Gasteiger partial charge >= 0.3 is 0 Å². The number of alkyl halides is 2. The van der Waals surface area contributed by atoms with Gasteiger partial charge in [-0.15, -0.1) is 0 Å². The standard InChI is InChI=1S/C21H22F2N4/c22-20(23)14-5-6-19-24-12-17(27(19)13-14)16-3-1-4-18(26-16)25-15-7-10-21(11-15)8-2-9-21/h1,3-6,12-13,15,20H,2,7-11H2,(H,25,26). The first-order valence-corrected chi connectivity index (χ1v) is 9.61. The first kappa shape index (κ1) is 16.7. The van der Waals surface area contributed by atoms with Gasteiger partial charge in [-0.25, -0.2) is 18.7 Å². The largest absolute Gasteiger partial charge is 0.367 e. The van der Waals surface area contributed by atoms with Gasteiger partial charge in [-0.05, 0) is 61.8 Å². The average Bonchev–Trinajstić information content (AvgIpc) is 3.25. The van der Waals surface area contributed by atoms with Crippen molar-refractivity contribution < 1.29 is 8.78 Å². The number of rotatable bonds is 4. The Morgan fingerprint density at radius 2 is 2.04 bits per heavy atom. The Morgan fingerprint density at radius 3 is 2.78 bits per heavy atom. The van der Waals surface area contributed by atoms with Crippen LogP contribution in [-0.4, -0.2) is 20.4 Å². The lowest BCUT2D eigenvalue weighted by atomic mass is 9.67. The fraction of sp³-hybridized carbons (Fsp3) is 0.429. The zero-order valence-corrected chi connectivity index (χ0v) is 15.0. The highest BCUT2D eigenvalue weighted by molar-refractivity contribution is 5.62. The molecule has 0 radical (unpaired) electrons. The molecular weight excluding hydrogens is 346 g/mol. The molecule has 140 valence electrons. The van der Waals surface area contributed by atoms with Crippen molar-refractivity contribution in [2.45, 2.75) is 51.0 Å². The Balaban J connectivity index is 1.42. The highest BCUT2D eigenvalue weighted by atomic mass is 19.3. The number of imidazole rings is 1. The Labute approximate surface area is 156 Å². The Bertz CT molecular complexity index is 977. The zero-order valence-electron chi connectivity index (χ0n) is 15.0. The minimum Gasteiger partial charge on any atom is -0.367 e. The number of nitrogens with one attached hydrogen (secondary N) is 1. The van der Waals surface area contributed by atoms with E-state index in [0.717, 1.165) is 17.2 Å². The van der Waals surface area contributed by atoms with Gasteiger partial charge in [0.15, 0.2) is 0 Å². The number of nitrogens with zero attached hydrogens (tertiary/aromatic N) is 3. The van der Waals surface area contributed by atoms with Gasteiger partial charge < -0.3 is 5.32 Å². The summed E-state index contributed by atoms with van der Waals surface area (Å²) < 4.78 is 27.8. The minimum atomic E-state index is -2.51. The molecule has 0 bridgehead atoms. The van der Waals surface area contributed by atoms with Gasteiger partial charge in [-0.3, -0.25) is 4.40 Å². The number of halogens is 2. The summed E-state index contributed by atoms with van der Waals surface area (Å²) in [6.45, 7) is 0. The van der Waals surface area contributed by atoms with Crippen molar-refractivity contribution in [2.75, 3.05) is 5.32 Å². The molecule has 2 aliphatic carbocycles. The number of anilines is 1. The number of hydrogen-bond donors (Lipinski definition) is 1. The minimum absolute atomic E-state index is 0.0206. The number of fused-ring (bicyclic) bond motifs is 1. The molecular formula is C21H22F2N4. The molecule has 1 spiro atoms. The smallest absolute Gasteiger partial charge is 0.265 e. The van der Waals surface area contributed by atoms with Crippen LogP contribution in [0.4, 0.5) is 14.6 Å². The summed E-state index contributed by atoms with van der Waals surface area (Å²) in [5.74, 6) is 0.842. The lowest BCUT2D eigenvalue weighted by molar-refractivity contribution is 0.142. The second-order valence-corrected chi connectivity index (χ2v) is 7.98. The van der Waals surface area contributed by atoms with Crippen LogP contribution in [0, 0.1) is 5.41 Å². The van der Waals surface area contributed by atoms with E-state index < -0.39 is 6.43 Å². The van der Waals surface area contributed by atoms with E-state index in [4.69, 9.17) is 4.98 Å². The van der Waals surface area contributed by atoms with Crippen LogP contribution in [0.5, 0.6) is 0 Å². The maximum atomic E-state index is 13.1. The molecule has 5 rings (SSSR count). The first-order valence-electron chi connectivity index (χ1n) is 9.61. The first-order chi connectivity index (χ1) is 13.1. The molecule has 3 aromatic rings. The fourth-order valence-electron chi connectivity index (χ4n) is 4.64. The third-order valence-corrected chi connectivity index (χ3v) is 6.26. The molecule has 0 amide bonds. The highest BCUT2D eigenvalue weighted by Gasteiger charge is 2.43. The van der Waals surface area contributed by atoms with Gasteiger partial charge in [0.25, 0.3) is 6.43 Å². The van der Waals surface area contributed by atoms with E-state index >= 15 is 0 Å². The summed E-state index contributed by atoms with van der Waals surface area (Å²) in [7, 11) is 0. The molecule has 6 heteroatoms. The van der Waals surface area contributed by atoms with E-state index in [2.05, 4.69) is 10.3 Å². The van der Waals surface area contributed by atoms with Crippen molar-refractivity contribution in [2.24, 2.45) is 5.41 Å². The predicted octanol–water partition coefficient (Wildman–Crippen LogP) is 5.47.